The standard InChI is InChI=1S/C15H17N5S/c1-20(2)12-4-3-10-14(18-12)19-15(17-10)13-9-6-8-21-11(9)5-7-16-13/h3-4,6,8,13,16H,5,7H2,1-2H3,(H,17,18,19). The van der Waals surface area contributed by atoms with Crippen molar-refractivity contribution in [2.45, 2.75) is 12.5 Å². The van der Waals surface area contributed by atoms with Crippen molar-refractivity contribution < 1.29 is 0 Å². The van der Waals surface area contributed by atoms with Gasteiger partial charge in [-0.15, -0.1) is 11.3 Å². The third kappa shape index (κ3) is 2.11. The highest BCUT2D eigenvalue weighted by molar-refractivity contribution is 7.10. The Kier molecular flexibility index (Phi) is 2.94. The fourth-order valence-electron chi connectivity index (χ4n) is 2.78. The van der Waals surface area contributed by atoms with Crippen LogP contribution in [-0.4, -0.2) is 35.6 Å². The van der Waals surface area contributed by atoms with Crippen molar-refractivity contribution in [3.8, 4) is 0 Å². The first kappa shape index (κ1) is 12.8. The molecule has 21 heavy (non-hydrogen) atoms. The molecule has 108 valence electrons. The summed E-state index contributed by atoms with van der Waals surface area (Å²) in [4.78, 5) is 16.2. The second kappa shape index (κ2) is 4.82. The molecule has 4 heterocycles. The minimum absolute atomic E-state index is 0.150. The molecular formula is C15H17N5S. The molecule has 1 aliphatic heterocycles. The molecule has 3 aromatic heterocycles. The zero-order chi connectivity index (χ0) is 14.4. The summed E-state index contributed by atoms with van der Waals surface area (Å²) in [6.07, 6.45) is 1.10. The van der Waals surface area contributed by atoms with Crippen LogP contribution in [0.15, 0.2) is 23.6 Å². The fourth-order valence-corrected chi connectivity index (χ4v) is 3.70. The molecule has 0 radical (unpaired) electrons. The summed E-state index contributed by atoms with van der Waals surface area (Å²) in [6.45, 7) is 0.992. The van der Waals surface area contributed by atoms with Crippen molar-refractivity contribution in [2.75, 3.05) is 25.5 Å². The average Bonchev–Trinajstić information content (AvgIpc) is 3.12. The fraction of sp³-hybridized carbons (Fsp3) is 0.333. The molecule has 1 aliphatic rings. The van der Waals surface area contributed by atoms with Gasteiger partial charge >= 0.3 is 0 Å². The molecular weight excluding hydrogens is 282 g/mol. The second-order valence-corrected chi connectivity index (χ2v) is 6.49. The highest BCUT2D eigenvalue weighted by Crippen LogP contribution is 2.31. The van der Waals surface area contributed by atoms with E-state index in [0.717, 1.165) is 35.8 Å². The quantitative estimate of drug-likeness (QED) is 0.762. The van der Waals surface area contributed by atoms with Crippen LogP contribution >= 0.6 is 11.3 Å². The summed E-state index contributed by atoms with van der Waals surface area (Å²) in [5.41, 5.74) is 3.11. The van der Waals surface area contributed by atoms with E-state index in [1.54, 1.807) is 0 Å². The third-order valence-electron chi connectivity index (χ3n) is 3.87. The smallest absolute Gasteiger partial charge is 0.179 e. The molecule has 0 aromatic carbocycles. The lowest BCUT2D eigenvalue weighted by atomic mass is 10.0. The first-order valence-electron chi connectivity index (χ1n) is 7.06. The number of rotatable bonds is 2. The molecule has 0 aliphatic carbocycles. The summed E-state index contributed by atoms with van der Waals surface area (Å²) < 4.78 is 0. The zero-order valence-corrected chi connectivity index (χ0v) is 12.9. The molecule has 3 aromatic rings. The normalized spacial score (nSPS) is 17.9. The van der Waals surface area contributed by atoms with Crippen molar-refractivity contribution in [2.24, 2.45) is 0 Å². The summed E-state index contributed by atoms with van der Waals surface area (Å²) in [5.74, 6) is 1.88. The van der Waals surface area contributed by atoms with Crippen LogP contribution in [0.2, 0.25) is 0 Å². The first-order valence-corrected chi connectivity index (χ1v) is 7.94. The number of nitrogens with one attached hydrogen (secondary N) is 2. The van der Waals surface area contributed by atoms with E-state index in [0.29, 0.717) is 0 Å². The Balaban J connectivity index is 1.78. The first-order chi connectivity index (χ1) is 10.2. The number of H-pyrrole nitrogens is 1. The topological polar surface area (TPSA) is 56.8 Å². The van der Waals surface area contributed by atoms with E-state index >= 15 is 0 Å². The van der Waals surface area contributed by atoms with Gasteiger partial charge in [0.25, 0.3) is 0 Å². The van der Waals surface area contributed by atoms with Crippen molar-refractivity contribution in [3.63, 3.8) is 0 Å². The molecule has 1 unspecified atom stereocenters. The summed E-state index contributed by atoms with van der Waals surface area (Å²) in [5, 5.41) is 5.71. The van der Waals surface area contributed by atoms with Crippen molar-refractivity contribution in [3.05, 3.63) is 39.8 Å². The molecule has 2 N–H and O–H groups in total. The largest absolute Gasteiger partial charge is 0.363 e. The van der Waals surface area contributed by atoms with E-state index in [2.05, 4.69) is 26.7 Å². The van der Waals surface area contributed by atoms with Crippen LogP contribution in [0, 0.1) is 0 Å². The lowest BCUT2D eigenvalue weighted by molar-refractivity contribution is 0.555. The van der Waals surface area contributed by atoms with E-state index in [-0.39, 0.29) is 6.04 Å². The number of thiophene rings is 1. The third-order valence-corrected chi connectivity index (χ3v) is 4.87. The molecule has 0 fully saturated rings. The molecule has 1 atom stereocenters. The molecule has 5 nitrogen and oxygen atoms in total. The Morgan fingerprint density at radius 3 is 3.00 bits per heavy atom. The average molecular weight is 299 g/mol. The van der Waals surface area contributed by atoms with Crippen molar-refractivity contribution in [1.29, 1.82) is 0 Å². The van der Waals surface area contributed by atoms with E-state index in [1.165, 1.54) is 10.4 Å². The molecule has 6 heteroatoms. The van der Waals surface area contributed by atoms with Gasteiger partial charge in [0.15, 0.2) is 5.65 Å². The molecule has 0 spiro atoms. The van der Waals surface area contributed by atoms with E-state index in [1.807, 2.05) is 42.5 Å². The molecule has 0 saturated carbocycles. The number of nitrogens with zero attached hydrogens (tertiary/aromatic N) is 3. The Morgan fingerprint density at radius 2 is 2.14 bits per heavy atom. The van der Waals surface area contributed by atoms with E-state index < -0.39 is 0 Å². The number of aromatic amines is 1. The minimum atomic E-state index is 0.150. The monoisotopic (exact) mass is 299 g/mol. The van der Waals surface area contributed by atoms with Gasteiger partial charge in [-0.1, -0.05) is 0 Å². The zero-order valence-electron chi connectivity index (χ0n) is 12.1. The Hall–Kier alpha value is -1.92. The Morgan fingerprint density at radius 1 is 1.24 bits per heavy atom. The summed E-state index contributed by atoms with van der Waals surface area (Å²) in [6, 6.07) is 6.40. The highest BCUT2D eigenvalue weighted by atomic mass is 32.1. The van der Waals surface area contributed by atoms with Crippen LogP contribution in [0.5, 0.6) is 0 Å². The van der Waals surface area contributed by atoms with Crippen LogP contribution < -0.4 is 10.2 Å². The summed E-state index contributed by atoms with van der Waals surface area (Å²) in [7, 11) is 3.98. The van der Waals surface area contributed by atoms with E-state index in [9.17, 15) is 0 Å². The highest BCUT2D eigenvalue weighted by Gasteiger charge is 2.25. The van der Waals surface area contributed by atoms with Crippen LogP contribution in [0.1, 0.15) is 22.3 Å². The SMILES string of the molecule is CN(C)c1ccc2[nH]c(C3NCCc4sccc43)nc2n1. The van der Waals surface area contributed by atoms with Gasteiger partial charge in [-0.3, -0.25) is 0 Å². The van der Waals surface area contributed by atoms with Crippen molar-refractivity contribution in [1.82, 2.24) is 20.3 Å². The molecule has 4 rings (SSSR count). The van der Waals surface area contributed by atoms with Gasteiger partial charge in [0.05, 0.1) is 11.6 Å². The van der Waals surface area contributed by atoms with Crippen molar-refractivity contribution >= 4 is 28.3 Å². The molecule has 0 saturated heterocycles. The van der Waals surface area contributed by atoms with Gasteiger partial charge in [0.2, 0.25) is 0 Å². The number of fused-ring (bicyclic) bond motifs is 2. The number of anilines is 1. The number of pyridine rings is 1. The van der Waals surface area contributed by atoms with Crippen LogP contribution in [-0.2, 0) is 6.42 Å². The lowest BCUT2D eigenvalue weighted by Gasteiger charge is -2.22. The van der Waals surface area contributed by atoms with Gasteiger partial charge in [-0.05, 0) is 35.6 Å². The van der Waals surface area contributed by atoms with Gasteiger partial charge < -0.3 is 15.2 Å². The van der Waals surface area contributed by atoms with Gasteiger partial charge in [-0.2, -0.15) is 0 Å². The molecule has 0 bridgehead atoms. The van der Waals surface area contributed by atoms with Gasteiger partial charge in [0.1, 0.15) is 11.6 Å². The van der Waals surface area contributed by atoms with Crippen LogP contribution in [0.4, 0.5) is 5.82 Å². The predicted octanol–water partition coefficient (Wildman–Crippen LogP) is 2.32. The maximum atomic E-state index is 4.71. The van der Waals surface area contributed by atoms with Gasteiger partial charge in [-0.25, -0.2) is 9.97 Å². The van der Waals surface area contributed by atoms with Crippen LogP contribution in [0.3, 0.4) is 0 Å². The maximum Gasteiger partial charge on any atom is 0.179 e. The number of hydrogen-bond donors (Lipinski definition) is 2. The Labute approximate surface area is 127 Å². The van der Waals surface area contributed by atoms with E-state index in [4.69, 9.17) is 4.98 Å². The second-order valence-electron chi connectivity index (χ2n) is 5.49. The number of aromatic nitrogens is 3. The number of imidazole rings is 1. The van der Waals surface area contributed by atoms with Gasteiger partial charge in [0, 0.05) is 25.5 Å². The Bertz CT molecular complexity index is 788. The molecule has 0 amide bonds. The lowest BCUT2D eigenvalue weighted by Crippen LogP contribution is -2.30. The maximum absolute atomic E-state index is 4.71. The predicted molar refractivity (Wildman–Crippen MR) is 86.1 cm³/mol. The number of hydrogen-bond acceptors (Lipinski definition) is 5. The summed E-state index contributed by atoms with van der Waals surface area (Å²) >= 11 is 1.83. The van der Waals surface area contributed by atoms with Crippen LogP contribution in [0.25, 0.3) is 11.2 Å². The minimum Gasteiger partial charge on any atom is -0.363 e.